The number of nitrogens with two attached hydrogens (primary N) is 1. The van der Waals surface area contributed by atoms with Gasteiger partial charge in [-0.1, -0.05) is 199 Å². The molecule has 0 aromatic heterocycles. The second-order valence-corrected chi connectivity index (χ2v) is 17.4. The number of carbonyl (C=O) groups is 2. The van der Waals surface area contributed by atoms with Crippen molar-refractivity contribution in [1.82, 2.24) is 0 Å². The summed E-state index contributed by atoms with van der Waals surface area (Å²) in [4.78, 5) is 34.9. The summed E-state index contributed by atoms with van der Waals surface area (Å²) in [6.07, 6.45) is 45.3. The van der Waals surface area contributed by atoms with E-state index in [9.17, 15) is 19.0 Å². The Morgan fingerprint density at radius 2 is 0.875 bits per heavy atom. The number of allylic oxidation sites excluding steroid dienone is 2. The third-order valence-electron chi connectivity index (χ3n) is 10.4. The predicted molar refractivity (Wildman–Crippen MR) is 234 cm³/mol. The number of phosphoric ester groups is 1. The maximum atomic E-state index is 12.6. The molecule has 2 unspecified atom stereocenters. The van der Waals surface area contributed by atoms with E-state index in [1.807, 2.05) is 0 Å². The molecule has 0 spiro atoms. The topological polar surface area (TPSA) is 134 Å². The van der Waals surface area contributed by atoms with Crippen molar-refractivity contribution in [1.29, 1.82) is 0 Å². The summed E-state index contributed by atoms with van der Waals surface area (Å²) in [5, 5.41) is 0. The second kappa shape index (κ2) is 43.3. The van der Waals surface area contributed by atoms with Crippen molar-refractivity contribution in [3.05, 3.63) is 12.2 Å². The Hall–Kier alpha value is -1.25. The van der Waals surface area contributed by atoms with Gasteiger partial charge in [-0.3, -0.25) is 18.6 Å². The van der Waals surface area contributed by atoms with Crippen molar-refractivity contribution >= 4 is 19.8 Å². The zero-order valence-electron chi connectivity index (χ0n) is 36.6. The summed E-state index contributed by atoms with van der Waals surface area (Å²) in [6.45, 7) is 3.75. The minimum Gasteiger partial charge on any atom is -0.462 e. The zero-order valence-corrected chi connectivity index (χ0v) is 37.5. The summed E-state index contributed by atoms with van der Waals surface area (Å²) in [5.41, 5.74) is 5.35. The first-order valence-electron chi connectivity index (χ1n) is 23.7. The van der Waals surface area contributed by atoms with E-state index >= 15 is 0 Å². The van der Waals surface area contributed by atoms with Gasteiger partial charge in [-0.05, 0) is 38.5 Å². The SMILES string of the molecule is CCCCCCC/C=C\CCCCCCCC(=O)OC(COC(=O)CCCCCCCCCCCCCCCCCCCCCCC)COP(=O)(O)OCCN. The Kier molecular flexibility index (Phi) is 42.4. The van der Waals surface area contributed by atoms with E-state index in [0.29, 0.717) is 6.42 Å². The molecule has 0 saturated heterocycles. The van der Waals surface area contributed by atoms with Crippen LogP contribution < -0.4 is 5.73 Å². The van der Waals surface area contributed by atoms with Crippen LogP contribution in [0.5, 0.6) is 0 Å². The smallest absolute Gasteiger partial charge is 0.462 e. The van der Waals surface area contributed by atoms with Gasteiger partial charge in [-0.2, -0.15) is 0 Å². The molecule has 0 rings (SSSR count). The number of rotatable bonds is 45. The molecule has 9 nitrogen and oxygen atoms in total. The van der Waals surface area contributed by atoms with E-state index in [1.165, 1.54) is 154 Å². The molecular formula is C46H90NO8P. The molecule has 0 aliphatic carbocycles. The highest BCUT2D eigenvalue weighted by atomic mass is 31.2. The first kappa shape index (κ1) is 54.8. The molecule has 0 aliphatic heterocycles. The van der Waals surface area contributed by atoms with Crippen LogP contribution in [-0.2, 0) is 32.7 Å². The first-order valence-corrected chi connectivity index (χ1v) is 25.2. The fourth-order valence-electron chi connectivity index (χ4n) is 6.87. The van der Waals surface area contributed by atoms with Gasteiger partial charge >= 0.3 is 19.8 Å². The van der Waals surface area contributed by atoms with Crippen LogP contribution in [0.3, 0.4) is 0 Å². The number of hydrogen-bond acceptors (Lipinski definition) is 8. The molecule has 0 aromatic rings. The van der Waals surface area contributed by atoms with Crippen molar-refractivity contribution in [2.45, 2.75) is 245 Å². The lowest BCUT2D eigenvalue weighted by Gasteiger charge is -2.19. The minimum atomic E-state index is -4.37. The fourth-order valence-corrected chi connectivity index (χ4v) is 7.63. The van der Waals surface area contributed by atoms with E-state index in [4.69, 9.17) is 24.3 Å². The van der Waals surface area contributed by atoms with E-state index in [2.05, 4.69) is 26.0 Å². The Morgan fingerprint density at radius 1 is 0.518 bits per heavy atom. The average Bonchev–Trinajstić information content (AvgIpc) is 3.18. The van der Waals surface area contributed by atoms with Crippen molar-refractivity contribution < 1.29 is 37.6 Å². The molecule has 0 amide bonds. The third kappa shape index (κ3) is 42.4. The lowest BCUT2D eigenvalue weighted by Crippen LogP contribution is -2.29. The molecule has 3 N–H and O–H groups in total. The first-order chi connectivity index (χ1) is 27.3. The number of esters is 2. The van der Waals surface area contributed by atoms with Gasteiger partial charge in [0.25, 0.3) is 0 Å². The maximum absolute atomic E-state index is 12.6. The third-order valence-corrected chi connectivity index (χ3v) is 11.4. The molecule has 10 heteroatoms. The van der Waals surface area contributed by atoms with Crippen molar-refractivity contribution in [3.63, 3.8) is 0 Å². The largest absolute Gasteiger partial charge is 0.472 e. The van der Waals surface area contributed by atoms with Crippen LogP contribution in [0.15, 0.2) is 12.2 Å². The zero-order chi connectivity index (χ0) is 41.1. The Bertz CT molecular complexity index is 933. The van der Waals surface area contributed by atoms with Crippen molar-refractivity contribution in [2.24, 2.45) is 5.73 Å². The summed E-state index contributed by atoms with van der Waals surface area (Å²) >= 11 is 0. The molecule has 0 bridgehead atoms. The van der Waals surface area contributed by atoms with Gasteiger partial charge in [-0.15, -0.1) is 0 Å². The average molecular weight is 816 g/mol. The highest BCUT2D eigenvalue weighted by Gasteiger charge is 2.26. The molecule has 0 fully saturated rings. The number of ether oxygens (including phenoxy) is 2. The lowest BCUT2D eigenvalue weighted by atomic mass is 10.0. The second-order valence-electron chi connectivity index (χ2n) is 16.0. The Morgan fingerprint density at radius 3 is 1.27 bits per heavy atom. The van der Waals surface area contributed by atoms with Crippen LogP contribution in [0.4, 0.5) is 0 Å². The molecule has 0 aromatic carbocycles. The van der Waals surface area contributed by atoms with Gasteiger partial charge in [0.15, 0.2) is 6.10 Å². The number of unbranched alkanes of at least 4 members (excludes halogenated alkanes) is 30. The highest BCUT2D eigenvalue weighted by molar-refractivity contribution is 7.47. The summed E-state index contributed by atoms with van der Waals surface area (Å²) in [7, 11) is -4.37. The predicted octanol–water partition coefficient (Wildman–Crippen LogP) is 13.8. The summed E-state index contributed by atoms with van der Waals surface area (Å²) < 4.78 is 32.8. The van der Waals surface area contributed by atoms with E-state index in [0.717, 1.165) is 51.4 Å². The maximum Gasteiger partial charge on any atom is 0.472 e. The number of phosphoric acid groups is 1. The van der Waals surface area contributed by atoms with Gasteiger partial charge in [-0.25, -0.2) is 4.57 Å². The van der Waals surface area contributed by atoms with Crippen LogP contribution in [0.1, 0.15) is 239 Å². The van der Waals surface area contributed by atoms with Crippen molar-refractivity contribution in [3.8, 4) is 0 Å². The van der Waals surface area contributed by atoms with Gasteiger partial charge in [0.1, 0.15) is 6.61 Å². The monoisotopic (exact) mass is 816 g/mol. The normalized spacial score (nSPS) is 13.3. The Balaban J connectivity index is 4.02. The van der Waals surface area contributed by atoms with Crippen LogP contribution in [0.25, 0.3) is 0 Å². The van der Waals surface area contributed by atoms with Crippen LogP contribution in [0.2, 0.25) is 0 Å². The van der Waals surface area contributed by atoms with Gasteiger partial charge in [0.2, 0.25) is 0 Å². The van der Waals surface area contributed by atoms with Crippen LogP contribution in [0, 0.1) is 0 Å². The Labute approximate surface area is 345 Å². The molecular weight excluding hydrogens is 725 g/mol. The standard InChI is InChI=1S/C46H90NO8P/c1-3-5-7-9-11-13-15-17-19-20-21-22-23-24-25-27-28-30-32-34-36-38-45(48)52-42-44(43-54-56(50,51)53-41-40-47)55-46(49)39-37-35-33-31-29-26-18-16-14-12-10-8-6-4-2/h16,18,44H,3-15,17,19-43,47H2,1-2H3,(H,50,51)/b18-16-. The lowest BCUT2D eigenvalue weighted by molar-refractivity contribution is -0.161. The van der Waals surface area contributed by atoms with Gasteiger partial charge in [0.05, 0.1) is 13.2 Å². The van der Waals surface area contributed by atoms with Gasteiger partial charge < -0.3 is 20.1 Å². The van der Waals surface area contributed by atoms with Crippen molar-refractivity contribution in [2.75, 3.05) is 26.4 Å². The highest BCUT2D eigenvalue weighted by Crippen LogP contribution is 2.43. The molecule has 332 valence electrons. The molecule has 0 aliphatic rings. The molecule has 56 heavy (non-hydrogen) atoms. The van der Waals surface area contributed by atoms with Gasteiger partial charge in [0, 0.05) is 19.4 Å². The minimum absolute atomic E-state index is 0.0549. The molecule has 0 radical (unpaired) electrons. The fraction of sp³-hybridized carbons (Fsp3) is 0.913. The van der Waals surface area contributed by atoms with Crippen LogP contribution in [-0.4, -0.2) is 49.3 Å². The molecule has 0 saturated carbocycles. The quantitative estimate of drug-likeness (QED) is 0.0266. The van der Waals surface area contributed by atoms with Crippen LogP contribution >= 0.6 is 7.82 Å². The van der Waals surface area contributed by atoms with E-state index in [1.54, 1.807) is 0 Å². The number of hydrogen-bond donors (Lipinski definition) is 2. The van der Waals surface area contributed by atoms with E-state index in [-0.39, 0.29) is 38.6 Å². The summed E-state index contributed by atoms with van der Waals surface area (Å²) in [6, 6.07) is 0. The molecule has 0 heterocycles. The number of carbonyl (C=O) groups excluding carboxylic acids is 2. The van der Waals surface area contributed by atoms with E-state index < -0.39 is 26.5 Å². The molecule has 2 atom stereocenters. The summed E-state index contributed by atoms with van der Waals surface area (Å²) in [5.74, 6) is -0.825.